The number of nitrogens with zero attached hydrogens (tertiary/aromatic N) is 2. The number of benzene rings is 1. The van der Waals surface area contributed by atoms with Crippen molar-refractivity contribution < 1.29 is 4.39 Å². The van der Waals surface area contributed by atoms with Crippen molar-refractivity contribution in [3.63, 3.8) is 0 Å². The van der Waals surface area contributed by atoms with Crippen molar-refractivity contribution in [3.8, 4) is 0 Å². The Morgan fingerprint density at radius 3 is 2.82 bits per heavy atom. The molecule has 0 amide bonds. The summed E-state index contributed by atoms with van der Waals surface area (Å²) in [4.78, 5) is 0. The Bertz CT molecular complexity index is 537. The van der Waals surface area contributed by atoms with Crippen molar-refractivity contribution >= 4 is 17.3 Å². The van der Waals surface area contributed by atoms with Crippen LogP contribution in [0.2, 0.25) is 5.02 Å². The smallest absolute Gasteiger partial charge is 0.141 e. The van der Waals surface area contributed by atoms with Gasteiger partial charge in [-0.15, -0.1) is 0 Å². The van der Waals surface area contributed by atoms with E-state index in [0.717, 1.165) is 16.9 Å². The number of rotatable bonds is 3. The van der Waals surface area contributed by atoms with Crippen LogP contribution in [0.15, 0.2) is 24.4 Å². The Balaban J connectivity index is 2.07. The van der Waals surface area contributed by atoms with Gasteiger partial charge in [-0.1, -0.05) is 11.6 Å². The van der Waals surface area contributed by atoms with Gasteiger partial charge in [0, 0.05) is 31.0 Å². The van der Waals surface area contributed by atoms with Gasteiger partial charge in [0.25, 0.3) is 0 Å². The number of nitrogens with one attached hydrogen (secondary N) is 1. The molecule has 2 aromatic rings. The molecule has 0 bridgehead atoms. The van der Waals surface area contributed by atoms with Gasteiger partial charge in [-0.3, -0.25) is 4.68 Å². The second-order valence-electron chi connectivity index (χ2n) is 3.90. The minimum atomic E-state index is -0.408. The molecule has 0 unspecified atom stereocenters. The van der Waals surface area contributed by atoms with Gasteiger partial charge in [-0.05, 0) is 25.1 Å². The predicted molar refractivity (Wildman–Crippen MR) is 66.7 cm³/mol. The average Bonchev–Trinajstić information content (AvgIpc) is 2.59. The molecule has 0 radical (unpaired) electrons. The van der Waals surface area contributed by atoms with Crippen LogP contribution in [0.5, 0.6) is 0 Å². The van der Waals surface area contributed by atoms with Crippen LogP contribution in [0, 0.1) is 12.7 Å². The lowest BCUT2D eigenvalue weighted by Gasteiger charge is -2.06. The minimum absolute atomic E-state index is 0.123. The zero-order valence-corrected chi connectivity index (χ0v) is 10.4. The monoisotopic (exact) mass is 253 g/mol. The number of hydrogen-bond donors (Lipinski definition) is 1. The fraction of sp³-hybridized carbons (Fsp3) is 0.250. The van der Waals surface area contributed by atoms with Crippen LogP contribution >= 0.6 is 11.6 Å². The standard InChI is InChI=1S/C12H13ClFN3/c1-8-9(7-17(2)16-8)6-15-10-3-4-12(14)11(13)5-10/h3-5,7,15H,6H2,1-2H3. The van der Waals surface area contributed by atoms with Crippen LogP contribution in [0.25, 0.3) is 0 Å². The third-order valence-electron chi connectivity index (χ3n) is 2.52. The highest BCUT2D eigenvalue weighted by molar-refractivity contribution is 6.31. The summed E-state index contributed by atoms with van der Waals surface area (Å²) in [6.07, 6.45) is 1.95. The number of aromatic nitrogens is 2. The molecule has 90 valence electrons. The topological polar surface area (TPSA) is 29.9 Å². The summed E-state index contributed by atoms with van der Waals surface area (Å²) in [5.74, 6) is -0.408. The molecule has 1 heterocycles. The average molecular weight is 254 g/mol. The normalized spacial score (nSPS) is 10.6. The van der Waals surface area contributed by atoms with Crippen molar-refractivity contribution in [1.82, 2.24) is 9.78 Å². The molecular formula is C12H13ClFN3. The first kappa shape index (κ1) is 11.9. The van der Waals surface area contributed by atoms with Gasteiger partial charge in [0.05, 0.1) is 10.7 Å². The van der Waals surface area contributed by atoms with Crippen LogP contribution < -0.4 is 5.32 Å². The maximum absolute atomic E-state index is 13.0. The van der Waals surface area contributed by atoms with Gasteiger partial charge in [0.1, 0.15) is 5.82 Å². The van der Waals surface area contributed by atoms with E-state index in [1.54, 1.807) is 16.8 Å². The third kappa shape index (κ3) is 2.77. The van der Waals surface area contributed by atoms with Gasteiger partial charge in [-0.25, -0.2) is 4.39 Å². The summed E-state index contributed by atoms with van der Waals surface area (Å²) in [7, 11) is 1.88. The highest BCUT2D eigenvalue weighted by atomic mass is 35.5. The fourth-order valence-electron chi connectivity index (χ4n) is 1.63. The molecule has 0 saturated heterocycles. The Hall–Kier alpha value is -1.55. The van der Waals surface area contributed by atoms with E-state index in [1.807, 2.05) is 20.2 Å². The number of aryl methyl sites for hydroxylation is 2. The first-order valence-electron chi connectivity index (χ1n) is 5.24. The first-order valence-corrected chi connectivity index (χ1v) is 5.62. The highest BCUT2D eigenvalue weighted by Crippen LogP contribution is 2.20. The van der Waals surface area contributed by atoms with Gasteiger partial charge in [0.15, 0.2) is 0 Å². The fourth-order valence-corrected chi connectivity index (χ4v) is 1.81. The Morgan fingerprint density at radius 1 is 1.47 bits per heavy atom. The summed E-state index contributed by atoms with van der Waals surface area (Å²) in [6, 6.07) is 4.58. The zero-order valence-electron chi connectivity index (χ0n) is 9.67. The molecule has 3 nitrogen and oxygen atoms in total. The summed E-state index contributed by atoms with van der Waals surface area (Å²) < 4.78 is 14.7. The molecule has 1 aromatic heterocycles. The summed E-state index contributed by atoms with van der Waals surface area (Å²) in [6.45, 7) is 2.59. The lowest BCUT2D eigenvalue weighted by Crippen LogP contribution is -2.00. The van der Waals surface area contributed by atoms with E-state index in [4.69, 9.17) is 11.6 Å². The van der Waals surface area contributed by atoms with Gasteiger partial charge >= 0.3 is 0 Å². The lowest BCUT2D eigenvalue weighted by molar-refractivity contribution is 0.628. The molecule has 2 rings (SSSR count). The molecule has 17 heavy (non-hydrogen) atoms. The second kappa shape index (κ2) is 4.75. The van der Waals surface area contributed by atoms with E-state index in [1.165, 1.54) is 6.07 Å². The molecule has 0 aliphatic heterocycles. The number of halogens is 2. The van der Waals surface area contributed by atoms with Crippen molar-refractivity contribution in [2.75, 3.05) is 5.32 Å². The highest BCUT2D eigenvalue weighted by Gasteiger charge is 2.04. The lowest BCUT2D eigenvalue weighted by atomic mass is 10.2. The quantitative estimate of drug-likeness (QED) is 0.911. The SMILES string of the molecule is Cc1nn(C)cc1CNc1ccc(F)c(Cl)c1. The van der Waals surface area contributed by atoms with E-state index in [2.05, 4.69) is 10.4 Å². The Labute approximate surface area is 104 Å². The van der Waals surface area contributed by atoms with E-state index >= 15 is 0 Å². The Morgan fingerprint density at radius 2 is 2.24 bits per heavy atom. The largest absolute Gasteiger partial charge is 0.381 e. The van der Waals surface area contributed by atoms with E-state index in [9.17, 15) is 4.39 Å². The molecule has 0 aliphatic rings. The van der Waals surface area contributed by atoms with Crippen LogP contribution in [-0.2, 0) is 13.6 Å². The number of anilines is 1. The maximum atomic E-state index is 13.0. The van der Waals surface area contributed by atoms with Crippen molar-refractivity contribution in [1.29, 1.82) is 0 Å². The third-order valence-corrected chi connectivity index (χ3v) is 2.81. The maximum Gasteiger partial charge on any atom is 0.141 e. The van der Waals surface area contributed by atoms with Crippen LogP contribution in [0.3, 0.4) is 0 Å². The molecule has 0 saturated carbocycles. The molecule has 0 fully saturated rings. The second-order valence-corrected chi connectivity index (χ2v) is 4.30. The van der Waals surface area contributed by atoms with Crippen LogP contribution in [0.1, 0.15) is 11.3 Å². The summed E-state index contributed by atoms with van der Waals surface area (Å²) in [5.41, 5.74) is 2.88. The predicted octanol–water partition coefficient (Wildman–Crippen LogP) is 3.13. The molecule has 5 heteroatoms. The summed E-state index contributed by atoms with van der Waals surface area (Å²) in [5, 5.41) is 7.55. The van der Waals surface area contributed by atoms with Gasteiger partial charge in [0.2, 0.25) is 0 Å². The van der Waals surface area contributed by atoms with Crippen LogP contribution in [-0.4, -0.2) is 9.78 Å². The van der Waals surface area contributed by atoms with Crippen molar-refractivity contribution in [2.24, 2.45) is 7.05 Å². The molecular weight excluding hydrogens is 241 g/mol. The van der Waals surface area contributed by atoms with E-state index in [-0.39, 0.29) is 5.02 Å². The molecule has 0 atom stereocenters. The Kier molecular flexibility index (Phi) is 3.33. The summed E-state index contributed by atoms with van der Waals surface area (Å²) >= 11 is 5.70. The first-order chi connectivity index (χ1) is 8.06. The van der Waals surface area contributed by atoms with Crippen molar-refractivity contribution in [2.45, 2.75) is 13.5 Å². The van der Waals surface area contributed by atoms with Crippen LogP contribution in [0.4, 0.5) is 10.1 Å². The number of hydrogen-bond acceptors (Lipinski definition) is 2. The molecule has 1 aromatic carbocycles. The van der Waals surface area contributed by atoms with E-state index < -0.39 is 5.82 Å². The molecule has 1 N–H and O–H groups in total. The van der Waals surface area contributed by atoms with E-state index in [0.29, 0.717) is 6.54 Å². The molecule has 0 aliphatic carbocycles. The van der Waals surface area contributed by atoms with Crippen molar-refractivity contribution in [3.05, 3.63) is 46.5 Å². The zero-order chi connectivity index (χ0) is 12.4. The van der Waals surface area contributed by atoms with Gasteiger partial charge in [-0.2, -0.15) is 5.10 Å². The molecule has 0 spiro atoms. The van der Waals surface area contributed by atoms with Gasteiger partial charge < -0.3 is 5.32 Å². The minimum Gasteiger partial charge on any atom is -0.381 e.